The highest BCUT2D eigenvalue weighted by Crippen LogP contribution is 2.27. The molecule has 7 heteroatoms. The van der Waals surface area contributed by atoms with Gasteiger partial charge in [-0.1, -0.05) is 36.4 Å². The molecule has 0 aliphatic rings. The third-order valence-electron chi connectivity index (χ3n) is 3.87. The maximum absolute atomic E-state index is 12.2. The third kappa shape index (κ3) is 2.79. The van der Waals surface area contributed by atoms with Crippen LogP contribution in [0.4, 0.5) is 0 Å². The van der Waals surface area contributed by atoms with Gasteiger partial charge in [0.25, 0.3) is 0 Å². The Morgan fingerprint density at radius 3 is 2.46 bits per heavy atom. The van der Waals surface area contributed by atoms with E-state index in [0.29, 0.717) is 17.4 Å². The van der Waals surface area contributed by atoms with E-state index in [2.05, 4.69) is 4.72 Å². The van der Waals surface area contributed by atoms with Gasteiger partial charge in [-0.2, -0.15) is 0 Å². The Morgan fingerprint density at radius 1 is 1.12 bits per heavy atom. The molecule has 0 spiro atoms. The van der Waals surface area contributed by atoms with Gasteiger partial charge in [0, 0.05) is 11.9 Å². The van der Waals surface area contributed by atoms with Crippen LogP contribution in [0, 0.1) is 0 Å². The van der Waals surface area contributed by atoms with Crippen molar-refractivity contribution in [2.75, 3.05) is 7.05 Å². The number of carboxylic acid groups (broad SMARTS) is 1. The van der Waals surface area contributed by atoms with Crippen molar-refractivity contribution in [1.82, 2.24) is 9.29 Å². The van der Waals surface area contributed by atoms with Gasteiger partial charge >= 0.3 is 5.97 Å². The van der Waals surface area contributed by atoms with E-state index in [9.17, 15) is 18.3 Å². The average molecular weight is 344 g/mol. The van der Waals surface area contributed by atoms with Crippen molar-refractivity contribution >= 4 is 26.9 Å². The van der Waals surface area contributed by atoms with Crippen LogP contribution in [0.25, 0.3) is 10.9 Å². The molecule has 1 aromatic heterocycles. The topological polar surface area (TPSA) is 88.4 Å². The van der Waals surface area contributed by atoms with E-state index in [-0.39, 0.29) is 10.6 Å². The first-order chi connectivity index (χ1) is 11.4. The second-order valence-corrected chi connectivity index (χ2v) is 7.16. The van der Waals surface area contributed by atoms with Gasteiger partial charge < -0.3 is 9.67 Å². The Morgan fingerprint density at radius 2 is 1.83 bits per heavy atom. The number of benzene rings is 2. The molecule has 0 aliphatic heterocycles. The standard InChI is InChI=1S/C17H16N2O4S/c1-18-24(22,23)16-9-5-8-14-13(16)10-15(17(20)21)19(14)11-12-6-3-2-4-7-12/h2-10,18H,11H2,1H3,(H,20,21). The lowest BCUT2D eigenvalue weighted by Crippen LogP contribution is -2.18. The summed E-state index contributed by atoms with van der Waals surface area (Å²) >= 11 is 0. The summed E-state index contributed by atoms with van der Waals surface area (Å²) in [7, 11) is -2.36. The van der Waals surface area contributed by atoms with Crippen LogP contribution >= 0.6 is 0 Å². The first-order valence-electron chi connectivity index (χ1n) is 7.27. The van der Waals surface area contributed by atoms with E-state index in [1.165, 1.54) is 19.2 Å². The Balaban J connectivity index is 2.26. The summed E-state index contributed by atoms with van der Waals surface area (Å²) in [6.45, 7) is 0.342. The van der Waals surface area contributed by atoms with Crippen molar-refractivity contribution in [3.05, 3.63) is 65.9 Å². The van der Waals surface area contributed by atoms with Crippen LogP contribution in [0.15, 0.2) is 59.5 Å². The van der Waals surface area contributed by atoms with Crippen LogP contribution in [0.3, 0.4) is 0 Å². The van der Waals surface area contributed by atoms with Crippen LogP contribution in [-0.4, -0.2) is 31.1 Å². The zero-order valence-electron chi connectivity index (χ0n) is 12.9. The molecule has 0 unspecified atom stereocenters. The van der Waals surface area contributed by atoms with Gasteiger partial charge in [0.2, 0.25) is 10.0 Å². The molecule has 6 nitrogen and oxygen atoms in total. The summed E-state index contributed by atoms with van der Waals surface area (Å²) < 4.78 is 28.3. The minimum atomic E-state index is -3.68. The smallest absolute Gasteiger partial charge is 0.352 e. The lowest BCUT2D eigenvalue weighted by molar-refractivity contribution is 0.0686. The summed E-state index contributed by atoms with van der Waals surface area (Å²) in [6.07, 6.45) is 0. The summed E-state index contributed by atoms with van der Waals surface area (Å²) in [4.78, 5) is 11.7. The van der Waals surface area contributed by atoms with Gasteiger partial charge in [0.15, 0.2) is 0 Å². The molecule has 0 amide bonds. The van der Waals surface area contributed by atoms with Crippen LogP contribution < -0.4 is 4.72 Å². The molecule has 24 heavy (non-hydrogen) atoms. The average Bonchev–Trinajstić information content (AvgIpc) is 2.94. The Labute approximate surface area is 139 Å². The van der Waals surface area contributed by atoms with Gasteiger partial charge in [-0.05, 0) is 30.8 Å². The fraction of sp³-hybridized carbons (Fsp3) is 0.118. The lowest BCUT2D eigenvalue weighted by Gasteiger charge is -2.09. The van der Waals surface area contributed by atoms with Crippen molar-refractivity contribution < 1.29 is 18.3 Å². The van der Waals surface area contributed by atoms with Crippen molar-refractivity contribution in [2.45, 2.75) is 11.4 Å². The van der Waals surface area contributed by atoms with Crippen LogP contribution in [0.2, 0.25) is 0 Å². The van der Waals surface area contributed by atoms with E-state index in [1.54, 1.807) is 16.7 Å². The summed E-state index contributed by atoms with van der Waals surface area (Å²) in [5, 5.41) is 9.90. The van der Waals surface area contributed by atoms with Crippen LogP contribution in [0.1, 0.15) is 16.1 Å². The number of carboxylic acids is 1. The fourth-order valence-electron chi connectivity index (χ4n) is 2.72. The third-order valence-corrected chi connectivity index (χ3v) is 5.34. The van der Waals surface area contributed by atoms with Gasteiger partial charge in [-0.15, -0.1) is 0 Å². The Bertz CT molecular complexity index is 1010. The molecular weight excluding hydrogens is 328 g/mol. The number of aromatic nitrogens is 1. The number of aromatic carboxylic acids is 1. The molecule has 2 aromatic carbocycles. The number of sulfonamides is 1. The van der Waals surface area contributed by atoms with Crippen molar-refractivity contribution in [1.29, 1.82) is 0 Å². The molecule has 0 atom stereocenters. The van der Waals surface area contributed by atoms with Gasteiger partial charge in [-0.25, -0.2) is 17.9 Å². The maximum Gasteiger partial charge on any atom is 0.352 e. The largest absolute Gasteiger partial charge is 0.477 e. The molecule has 124 valence electrons. The van der Waals surface area contributed by atoms with Crippen molar-refractivity contribution in [2.24, 2.45) is 0 Å². The van der Waals surface area contributed by atoms with Crippen molar-refractivity contribution in [3.8, 4) is 0 Å². The van der Waals surface area contributed by atoms with Crippen LogP contribution in [0.5, 0.6) is 0 Å². The second kappa shape index (κ2) is 6.10. The number of fused-ring (bicyclic) bond motifs is 1. The lowest BCUT2D eigenvalue weighted by atomic mass is 10.2. The summed E-state index contributed by atoms with van der Waals surface area (Å²) in [6, 6.07) is 15.6. The molecule has 0 fully saturated rings. The van der Waals surface area contributed by atoms with E-state index >= 15 is 0 Å². The van der Waals surface area contributed by atoms with Gasteiger partial charge in [0.05, 0.1) is 10.4 Å². The summed E-state index contributed by atoms with van der Waals surface area (Å²) in [5.74, 6) is -1.10. The van der Waals surface area contributed by atoms with Gasteiger partial charge in [-0.3, -0.25) is 0 Å². The molecule has 1 heterocycles. The van der Waals surface area contributed by atoms with E-state index in [1.807, 2.05) is 30.3 Å². The monoisotopic (exact) mass is 344 g/mol. The zero-order chi connectivity index (χ0) is 17.3. The quantitative estimate of drug-likeness (QED) is 0.743. The zero-order valence-corrected chi connectivity index (χ0v) is 13.7. The normalized spacial score (nSPS) is 11.7. The molecule has 0 bridgehead atoms. The minimum Gasteiger partial charge on any atom is -0.477 e. The van der Waals surface area contributed by atoms with E-state index in [0.717, 1.165) is 5.56 Å². The molecule has 0 radical (unpaired) electrons. The number of hydrogen-bond acceptors (Lipinski definition) is 3. The summed E-state index contributed by atoms with van der Waals surface area (Å²) in [5.41, 5.74) is 1.54. The molecule has 2 N–H and O–H groups in total. The molecular formula is C17H16N2O4S. The highest BCUT2D eigenvalue weighted by atomic mass is 32.2. The number of carbonyl (C=O) groups is 1. The Hall–Kier alpha value is -2.64. The molecule has 0 saturated carbocycles. The number of nitrogens with zero attached hydrogens (tertiary/aromatic N) is 1. The SMILES string of the molecule is CNS(=O)(=O)c1cccc2c1cc(C(=O)O)n2Cc1ccccc1. The first kappa shape index (κ1) is 16.2. The number of nitrogens with one attached hydrogen (secondary N) is 1. The maximum atomic E-state index is 12.2. The van der Waals surface area contributed by atoms with Gasteiger partial charge in [0.1, 0.15) is 5.69 Å². The van der Waals surface area contributed by atoms with E-state index in [4.69, 9.17) is 0 Å². The highest BCUT2D eigenvalue weighted by Gasteiger charge is 2.21. The molecule has 0 saturated heterocycles. The molecule has 0 aliphatic carbocycles. The Kier molecular flexibility index (Phi) is 4.13. The number of rotatable bonds is 5. The first-order valence-corrected chi connectivity index (χ1v) is 8.75. The molecule has 3 rings (SSSR count). The highest BCUT2D eigenvalue weighted by molar-refractivity contribution is 7.89. The van der Waals surface area contributed by atoms with Crippen molar-refractivity contribution in [3.63, 3.8) is 0 Å². The number of hydrogen-bond donors (Lipinski definition) is 2. The predicted octanol–water partition coefficient (Wildman–Crippen LogP) is 2.30. The minimum absolute atomic E-state index is 0.0487. The second-order valence-electron chi connectivity index (χ2n) is 5.30. The predicted molar refractivity (Wildman–Crippen MR) is 90.7 cm³/mol. The van der Waals surface area contributed by atoms with Crippen LogP contribution in [-0.2, 0) is 16.6 Å². The van der Waals surface area contributed by atoms with E-state index < -0.39 is 16.0 Å². The molecule has 3 aromatic rings. The fourth-order valence-corrected chi connectivity index (χ4v) is 3.65.